The molecule has 0 aromatic carbocycles. The van der Waals surface area contributed by atoms with E-state index in [0.29, 0.717) is 13.0 Å². The van der Waals surface area contributed by atoms with Crippen LogP contribution in [-0.2, 0) is 9.53 Å². The molecule has 0 saturated carbocycles. The summed E-state index contributed by atoms with van der Waals surface area (Å²) in [6.07, 6.45) is 2.02. The Balaban J connectivity index is 3.20. The number of hydrogen-bond donors (Lipinski definition) is 2. The number of esters is 1. The highest BCUT2D eigenvalue weighted by atomic mass is 16.6. The molecule has 0 aromatic heterocycles. The van der Waals surface area contributed by atoms with Gasteiger partial charge in [-0.15, -0.1) is 0 Å². The Morgan fingerprint density at radius 2 is 2.17 bits per heavy atom. The molecule has 0 aromatic rings. The Kier molecular flexibility index (Phi) is 6.70. The second-order valence-corrected chi connectivity index (χ2v) is 2.69. The second-order valence-electron chi connectivity index (χ2n) is 2.69. The molecular weight excluding hydrogens is 158 g/mol. The quantitative estimate of drug-likeness (QED) is 0.348. The molecule has 4 heteroatoms. The first-order valence-corrected chi connectivity index (χ1v) is 4.24. The topological polar surface area (TPSA) is 72.5 Å². The van der Waals surface area contributed by atoms with Crippen LogP contribution in [0, 0.1) is 0 Å². The summed E-state index contributed by atoms with van der Waals surface area (Å²) in [5, 5.41) is 8.66. The van der Waals surface area contributed by atoms with Crippen molar-refractivity contribution in [2.24, 2.45) is 5.73 Å². The Labute approximate surface area is 72.7 Å². The number of aliphatic hydroxyl groups excluding tert-OH is 1. The lowest BCUT2D eigenvalue weighted by Crippen LogP contribution is -2.13. The van der Waals surface area contributed by atoms with Crippen molar-refractivity contribution in [1.29, 1.82) is 0 Å². The average molecular weight is 175 g/mol. The van der Waals surface area contributed by atoms with E-state index in [9.17, 15) is 4.79 Å². The molecule has 0 amide bonds. The largest absolute Gasteiger partial charge is 0.436 e. The van der Waals surface area contributed by atoms with Crippen molar-refractivity contribution in [3.8, 4) is 0 Å². The van der Waals surface area contributed by atoms with Gasteiger partial charge >= 0.3 is 5.97 Å². The molecule has 0 aliphatic heterocycles. The van der Waals surface area contributed by atoms with Crippen LogP contribution in [0.4, 0.5) is 0 Å². The van der Waals surface area contributed by atoms with E-state index in [-0.39, 0.29) is 5.97 Å². The summed E-state index contributed by atoms with van der Waals surface area (Å²) in [6.45, 7) is 2.07. The zero-order chi connectivity index (χ0) is 9.40. The molecular formula is C8H17NO3. The van der Waals surface area contributed by atoms with E-state index in [1.165, 1.54) is 6.92 Å². The summed E-state index contributed by atoms with van der Waals surface area (Å²) < 4.78 is 4.52. The summed E-state index contributed by atoms with van der Waals surface area (Å²) in [7, 11) is 0. The fourth-order valence-electron chi connectivity index (χ4n) is 0.840. The molecule has 12 heavy (non-hydrogen) atoms. The van der Waals surface area contributed by atoms with Crippen LogP contribution in [0.15, 0.2) is 0 Å². The lowest BCUT2D eigenvalue weighted by Gasteiger charge is -2.05. The predicted octanol–water partition coefficient (Wildman–Crippen LogP) is 0.387. The maximum Gasteiger partial charge on any atom is 0.308 e. The summed E-state index contributed by atoms with van der Waals surface area (Å²) in [5.41, 5.74) is 5.27. The summed E-state index contributed by atoms with van der Waals surface area (Å²) in [5.74, 6) is -0.345. The molecule has 1 unspecified atom stereocenters. The lowest BCUT2D eigenvalue weighted by atomic mass is 10.2. The third kappa shape index (κ3) is 7.50. The van der Waals surface area contributed by atoms with Gasteiger partial charge in [-0.2, -0.15) is 0 Å². The van der Waals surface area contributed by atoms with Crippen molar-refractivity contribution in [2.45, 2.75) is 38.9 Å². The molecule has 0 fully saturated rings. The molecule has 0 saturated heterocycles. The zero-order valence-electron chi connectivity index (χ0n) is 7.45. The minimum atomic E-state index is -0.994. The van der Waals surface area contributed by atoms with Crippen molar-refractivity contribution in [1.82, 2.24) is 0 Å². The highest BCUT2D eigenvalue weighted by Gasteiger charge is 2.04. The molecule has 0 aliphatic rings. The lowest BCUT2D eigenvalue weighted by molar-refractivity contribution is -0.164. The van der Waals surface area contributed by atoms with Gasteiger partial charge in [-0.3, -0.25) is 4.79 Å². The van der Waals surface area contributed by atoms with Gasteiger partial charge in [-0.1, -0.05) is 6.42 Å². The summed E-state index contributed by atoms with van der Waals surface area (Å²) in [6, 6.07) is 0. The molecule has 1 atom stereocenters. The van der Waals surface area contributed by atoms with Gasteiger partial charge in [0.15, 0.2) is 6.29 Å². The van der Waals surface area contributed by atoms with Gasteiger partial charge in [-0.25, -0.2) is 0 Å². The number of carbonyl (C=O) groups excluding carboxylic acids is 1. The number of carbonyl (C=O) groups is 1. The monoisotopic (exact) mass is 175 g/mol. The Morgan fingerprint density at radius 3 is 2.67 bits per heavy atom. The SMILES string of the molecule is CC(O)OC(=O)CCCCCN. The van der Waals surface area contributed by atoms with E-state index in [1.807, 2.05) is 0 Å². The van der Waals surface area contributed by atoms with Crippen molar-refractivity contribution in [2.75, 3.05) is 6.54 Å². The normalized spacial score (nSPS) is 12.6. The number of unbranched alkanes of at least 4 members (excludes halogenated alkanes) is 2. The van der Waals surface area contributed by atoms with E-state index >= 15 is 0 Å². The highest BCUT2D eigenvalue weighted by molar-refractivity contribution is 5.69. The number of aliphatic hydroxyl groups is 1. The Bertz CT molecular complexity index is 125. The van der Waals surface area contributed by atoms with E-state index in [4.69, 9.17) is 10.8 Å². The molecule has 72 valence electrons. The summed E-state index contributed by atoms with van der Waals surface area (Å²) in [4.78, 5) is 10.8. The fraction of sp³-hybridized carbons (Fsp3) is 0.875. The third-order valence-corrected chi connectivity index (χ3v) is 1.39. The minimum Gasteiger partial charge on any atom is -0.436 e. The second kappa shape index (κ2) is 7.06. The van der Waals surface area contributed by atoms with Crippen molar-refractivity contribution < 1.29 is 14.6 Å². The smallest absolute Gasteiger partial charge is 0.308 e. The van der Waals surface area contributed by atoms with E-state index in [2.05, 4.69) is 4.74 Å². The van der Waals surface area contributed by atoms with Crippen LogP contribution in [0.1, 0.15) is 32.6 Å². The van der Waals surface area contributed by atoms with Gasteiger partial charge < -0.3 is 15.6 Å². The molecule has 0 radical (unpaired) electrons. The molecule has 0 bridgehead atoms. The number of ether oxygens (including phenoxy) is 1. The van der Waals surface area contributed by atoms with Crippen LogP contribution in [0.5, 0.6) is 0 Å². The standard InChI is InChI=1S/C8H17NO3/c1-7(10)12-8(11)5-3-2-4-6-9/h7,10H,2-6,9H2,1H3. The minimum absolute atomic E-state index is 0.345. The Hall–Kier alpha value is -0.610. The maximum atomic E-state index is 10.8. The first-order chi connectivity index (χ1) is 5.66. The van der Waals surface area contributed by atoms with E-state index < -0.39 is 6.29 Å². The number of nitrogens with two attached hydrogens (primary N) is 1. The predicted molar refractivity (Wildman–Crippen MR) is 45.3 cm³/mol. The first kappa shape index (κ1) is 11.4. The van der Waals surface area contributed by atoms with Crippen LogP contribution in [0.2, 0.25) is 0 Å². The molecule has 4 nitrogen and oxygen atoms in total. The van der Waals surface area contributed by atoms with Gasteiger partial charge in [0.05, 0.1) is 0 Å². The van der Waals surface area contributed by atoms with Crippen LogP contribution in [0.3, 0.4) is 0 Å². The third-order valence-electron chi connectivity index (χ3n) is 1.39. The van der Waals surface area contributed by atoms with Crippen molar-refractivity contribution in [3.05, 3.63) is 0 Å². The summed E-state index contributed by atoms with van der Waals surface area (Å²) >= 11 is 0. The van der Waals surface area contributed by atoms with Crippen molar-refractivity contribution in [3.63, 3.8) is 0 Å². The number of rotatable bonds is 6. The molecule has 3 N–H and O–H groups in total. The van der Waals surface area contributed by atoms with Crippen LogP contribution in [-0.4, -0.2) is 23.9 Å². The Morgan fingerprint density at radius 1 is 1.50 bits per heavy atom. The number of hydrogen-bond acceptors (Lipinski definition) is 4. The highest BCUT2D eigenvalue weighted by Crippen LogP contribution is 2.01. The molecule has 0 spiro atoms. The van der Waals surface area contributed by atoms with Crippen LogP contribution < -0.4 is 5.73 Å². The van der Waals surface area contributed by atoms with E-state index in [0.717, 1.165) is 19.3 Å². The van der Waals surface area contributed by atoms with Gasteiger partial charge in [-0.05, 0) is 26.3 Å². The van der Waals surface area contributed by atoms with E-state index in [1.54, 1.807) is 0 Å². The van der Waals surface area contributed by atoms with Gasteiger partial charge in [0.1, 0.15) is 0 Å². The van der Waals surface area contributed by atoms with Crippen LogP contribution >= 0.6 is 0 Å². The zero-order valence-corrected chi connectivity index (χ0v) is 7.45. The van der Waals surface area contributed by atoms with Crippen molar-refractivity contribution >= 4 is 5.97 Å². The van der Waals surface area contributed by atoms with Gasteiger partial charge in [0.25, 0.3) is 0 Å². The average Bonchev–Trinajstić information content (AvgIpc) is 1.97. The van der Waals surface area contributed by atoms with Gasteiger partial charge in [0, 0.05) is 6.42 Å². The molecule has 0 heterocycles. The molecule has 0 aliphatic carbocycles. The van der Waals surface area contributed by atoms with Gasteiger partial charge in [0.2, 0.25) is 0 Å². The van der Waals surface area contributed by atoms with Crippen LogP contribution in [0.25, 0.3) is 0 Å². The maximum absolute atomic E-state index is 10.8. The fourth-order valence-corrected chi connectivity index (χ4v) is 0.840. The molecule has 0 rings (SSSR count). The first-order valence-electron chi connectivity index (χ1n) is 4.24.